The molecule has 0 unspecified atom stereocenters. The van der Waals surface area contributed by atoms with Crippen LogP contribution in [0.25, 0.3) is 90.9 Å². The van der Waals surface area contributed by atoms with Crippen molar-refractivity contribution in [3.05, 3.63) is 165 Å². The van der Waals surface area contributed by atoms with Crippen molar-refractivity contribution in [2.45, 2.75) is 79.7 Å². The van der Waals surface area contributed by atoms with Crippen LogP contribution in [0.15, 0.2) is 109 Å². The third kappa shape index (κ3) is 11.2. The molecule has 0 aliphatic carbocycles. The maximum Gasteiger partial charge on any atom is 2.00 e. The van der Waals surface area contributed by atoms with Crippen LogP contribution < -0.4 is 9.97 Å². The van der Waals surface area contributed by atoms with E-state index in [2.05, 4.69) is 248 Å². The summed E-state index contributed by atoms with van der Waals surface area (Å²) in [6.07, 6.45) is 8.53. The van der Waals surface area contributed by atoms with Gasteiger partial charge in [0, 0.05) is 16.7 Å². The molecular formula is C62H58N4Si3Zn. The molecule has 7 aromatic rings. The van der Waals surface area contributed by atoms with Crippen LogP contribution in [-0.2, 0) is 19.5 Å². The van der Waals surface area contributed by atoms with Gasteiger partial charge >= 0.3 is 19.5 Å². The van der Waals surface area contributed by atoms with Crippen molar-refractivity contribution in [1.29, 1.82) is 0 Å². The van der Waals surface area contributed by atoms with E-state index in [0.29, 0.717) is 0 Å². The Morgan fingerprint density at radius 1 is 0.357 bits per heavy atom. The average molecular weight is 1010 g/mol. The molecule has 2 aliphatic rings. The molecule has 3 aromatic heterocycles. The summed E-state index contributed by atoms with van der Waals surface area (Å²) >= 11 is 0. The summed E-state index contributed by atoms with van der Waals surface area (Å²) in [4.78, 5) is 22.1. The third-order valence-corrected chi connectivity index (χ3v) is 14.4. The minimum absolute atomic E-state index is 0. The van der Waals surface area contributed by atoms with E-state index in [1.54, 1.807) is 0 Å². The van der Waals surface area contributed by atoms with Gasteiger partial charge in [-0.2, -0.15) is 0 Å². The van der Waals surface area contributed by atoms with E-state index in [4.69, 9.17) is 19.9 Å². The molecule has 8 bridgehead atoms. The van der Waals surface area contributed by atoms with Crippen LogP contribution in [0.3, 0.4) is 0 Å². The molecule has 0 saturated carbocycles. The van der Waals surface area contributed by atoms with Gasteiger partial charge in [-0.05, 0) is 137 Å². The maximum atomic E-state index is 5.55. The zero-order valence-electron chi connectivity index (χ0n) is 42.7. The van der Waals surface area contributed by atoms with Gasteiger partial charge in [0.15, 0.2) is 0 Å². The first-order valence-corrected chi connectivity index (χ1v) is 34.3. The van der Waals surface area contributed by atoms with Crippen molar-refractivity contribution >= 4 is 70.6 Å². The molecule has 0 radical (unpaired) electrons. The van der Waals surface area contributed by atoms with E-state index in [-0.39, 0.29) is 19.5 Å². The summed E-state index contributed by atoms with van der Waals surface area (Å²) in [6, 6.07) is 38.7. The molecule has 0 atom stereocenters. The number of rotatable bonds is 4. The average Bonchev–Trinajstić information content (AvgIpc) is 4.14. The smallest absolute Gasteiger partial charge is 0.657 e. The van der Waals surface area contributed by atoms with Gasteiger partial charge in [-0.1, -0.05) is 155 Å². The van der Waals surface area contributed by atoms with Crippen LogP contribution in [0.2, 0.25) is 58.9 Å². The number of benzene rings is 4. The van der Waals surface area contributed by atoms with E-state index >= 15 is 0 Å². The molecule has 0 amide bonds. The Labute approximate surface area is 431 Å². The second-order valence-electron chi connectivity index (χ2n) is 21.4. The van der Waals surface area contributed by atoms with E-state index in [0.717, 1.165) is 106 Å². The largest absolute Gasteiger partial charge is 2.00 e. The predicted molar refractivity (Wildman–Crippen MR) is 303 cm³/mol. The molecule has 9 rings (SSSR count). The van der Waals surface area contributed by atoms with Crippen LogP contribution in [-0.4, -0.2) is 34.2 Å². The van der Waals surface area contributed by atoms with Crippen molar-refractivity contribution in [1.82, 2.24) is 19.9 Å². The first kappa shape index (κ1) is 49.8. The van der Waals surface area contributed by atoms with Crippen molar-refractivity contribution < 1.29 is 19.5 Å². The molecule has 2 aliphatic heterocycles. The quantitative estimate of drug-likeness (QED) is 0.130. The van der Waals surface area contributed by atoms with Gasteiger partial charge < -0.3 is 9.97 Å². The summed E-state index contributed by atoms with van der Waals surface area (Å²) in [5.41, 5.74) is 31.8. The molecular weight excluding hydrogens is 950 g/mol. The van der Waals surface area contributed by atoms with Gasteiger partial charge in [0.2, 0.25) is 0 Å². The molecule has 4 nitrogen and oxygen atoms in total. The van der Waals surface area contributed by atoms with E-state index in [9.17, 15) is 0 Å². The Balaban J connectivity index is 0.00000659. The van der Waals surface area contributed by atoms with Crippen LogP contribution in [0, 0.1) is 55.2 Å². The van der Waals surface area contributed by atoms with Crippen LogP contribution in [0.1, 0.15) is 56.2 Å². The minimum atomic E-state index is -1.57. The number of nitrogens with zero attached hydrogens (tertiary/aromatic N) is 4. The van der Waals surface area contributed by atoms with Crippen molar-refractivity contribution in [3.63, 3.8) is 0 Å². The molecule has 5 heterocycles. The Bertz CT molecular complexity index is 3530. The summed E-state index contributed by atoms with van der Waals surface area (Å²) in [6.45, 7) is 27.0. The van der Waals surface area contributed by atoms with Gasteiger partial charge in [0.1, 0.15) is 24.2 Å². The SMILES string of the molecule is Cc1cc(C)c(-c2c3nc(c(-c4ccc(C#C[Si](C)(C)C)cc4)c4ccc([n-]4)c(-c4ccc(C#C[Si](C)(C)C)cc4)c4nc(c(-c5ccc(C#C[Si](C)(C)C)cc5)c5ccc2[n-]5)C=C4)C=C3)c(C)c1.[Zn+2]. The third-order valence-electron chi connectivity index (χ3n) is 11.8. The molecule has 0 saturated heterocycles. The fourth-order valence-electron chi connectivity index (χ4n) is 8.74. The van der Waals surface area contributed by atoms with Crippen molar-refractivity contribution in [2.24, 2.45) is 0 Å². The van der Waals surface area contributed by atoms with Gasteiger partial charge in [-0.25, -0.2) is 9.97 Å². The predicted octanol–water partition coefficient (Wildman–Crippen LogP) is 15.2. The van der Waals surface area contributed by atoms with Gasteiger partial charge in [0.05, 0.1) is 22.8 Å². The van der Waals surface area contributed by atoms with Gasteiger partial charge in [0.25, 0.3) is 0 Å². The fraction of sp³-hybridized carbons (Fsp3) is 0.194. The van der Waals surface area contributed by atoms with Gasteiger partial charge in [-0.3, -0.25) is 0 Å². The Kier molecular flexibility index (Phi) is 14.0. The summed E-state index contributed by atoms with van der Waals surface area (Å²) < 4.78 is 0. The topological polar surface area (TPSA) is 54.0 Å². The molecule has 70 heavy (non-hydrogen) atoms. The second-order valence-corrected chi connectivity index (χ2v) is 35.6. The molecule has 4 aromatic carbocycles. The Hall–Kier alpha value is -6.57. The van der Waals surface area contributed by atoms with Crippen LogP contribution >= 0.6 is 0 Å². The number of hydrogen-bond acceptors (Lipinski definition) is 2. The van der Waals surface area contributed by atoms with Crippen molar-refractivity contribution in [2.75, 3.05) is 0 Å². The van der Waals surface area contributed by atoms with E-state index in [1.807, 2.05) is 0 Å². The second kappa shape index (κ2) is 19.7. The zero-order valence-corrected chi connectivity index (χ0v) is 48.7. The molecule has 340 valence electrons. The Morgan fingerprint density at radius 2 is 0.629 bits per heavy atom. The molecule has 0 N–H and O–H groups in total. The van der Waals surface area contributed by atoms with Crippen LogP contribution in [0.4, 0.5) is 0 Å². The van der Waals surface area contributed by atoms with E-state index < -0.39 is 24.2 Å². The number of fused-ring (bicyclic) bond motifs is 8. The van der Waals surface area contributed by atoms with E-state index in [1.165, 1.54) is 16.7 Å². The van der Waals surface area contributed by atoms with Crippen molar-refractivity contribution in [3.8, 4) is 78.9 Å². The summed E-state index contributed by atoms with van der Waals surface area (Å²) in [5.74, 6) is 10.3. The molecule has 0 fully saturated rings. The number of aromatic nitrogens is 4. The Morgan fingerprint density at radius 3 is 0.914 bits per heavy atom. The fourth-order valence-corrected chi connectivity index (χ4v) is 10.3. The summed E-state index contributed by atoms with van der Waals surface area (Å²) in [7, 11) is -4.71. The first-order chi connectivity index (χ1) is 32.7. The van der Waals surface area contributed by atoms with Crippen LogP contribution in [0.5, 0.6) is 0 Å². The van der Waals surface area contributed by atoms with Gasteiger partial charge in [-0.15, -0.1) is 38.7 Å². The number of hydrogen-bond donors (Lipinski definition) is 0. The number of aryl methyl sites for hydroxylation is 3. The molecule has 0 spiro atoms. The summed E-state index contributed by atoms with van der Waals surface area (Å²) in [5, 5.41) is 0. The normalized spacial score (nSPS) is 12.0. The maximum absolute atomic E-state index is 5.55. The standard InChI is InChI=1S/C62H58N4Si3.Zn/c1-41-39-42(2)58(43(3)40-41)62-56-31-29-54(65-56)60(48-21-15-45(16-22-48)34-37-68(7,8)9)52-27-25-50(63-52)59(47-19-13-44(14-20-47)33-36-67(4,5)6)51-26-28-53(64-51)61(55-30-32-57(62)66-55)49-23-17-46(18-24-49)35-38-69(10,11)12;/h13-32,39-40H,1-12H3;/q-2;+2. The zero-order chi connectivity index (χ0) is 48.8. The monoisotopic (exact) mass is 1010 g/mol. The first-order valence-electron chi connectivity index (χ1n) is 23.8. The minimum Gasteiger partial charge on any atom is -0.657 e. The molecule has 8 heteroatoms.